The minimum atomic E-state index is 0.259. The standard InChI is InChI=1S/C10H8N4.C9H8N6/c11-10-12-9-6-5-7-3-1-2-4-8(7)14(9)13-10;10-9-12-7-3-1-4-8(15(7)13-9)14-6-2-5-11-14/h1-6H,(H2,11,13);1-6H,(H2,10,13). The molecule has 0 radical (unpaired) electrons. The second-order valence-electron chi connectivity index (χ2n) is 6.21. The third-order valence-electron chi connectivity index (χ3n) is 4.32. The van der Waals surface area contributed by atoms with Crippen molar-refractivity contribution in [2.45, 2.75) is 0 Å². The molecule has 0 aliphatic rings. The Morgan fingerprint density at radius 2 is 1.45 bits per heavy atom. The number of nitrogen functional groups attached to an aromatic ring is 2. The van der Waals surface area contributed by atoms with E-state index < -0.39 is 0 Å². The molecule has 0 unspecified atom stereocenters. The molecule has 0 spiro atoms. The number of nitrogens with two attached hydrogens (primary N) is 2. The number of anilines is 2. The summed E-state index contributed by atoms with van der Waals surface area (Å²) in [5, 5.41) is 13.5. The monoisotopic (exact) mass is 384 g/mol. The van der Waals surface area contributed by atoms with Gasteiger partial charge >= 0.3 is 0 Å². The van der Waals surface area contributed by atoms with Gasteiger partial charge in [0.1, 0.15) is 0 Å². The van der Waals surface area contributed by atoms with Crippen LogP contribution < -0.4 is 11.5 Å². The normalized spacial score (nSPS) is 11.0. The summed E-state index contributed by atoms with van der Waals surface area (Å²) in [6.07, 6.45) is 3.55. The average Bonchev–Trinajstić information content (AvgIpc) is 3.46. The molecular formula is C19H16N10. The van der Waals surface area contributed by atoms with Crippen LogP contribution in [0.4, 0.5) is 11.9 Å². The quantitative estimate of drug-likeness (QED) is 0.443. The first-order chi connectivity index (χ1) is 14.2. The third-order valence-corrected chi connectivity index (χ3v) is 4.32. The van der Waals surface area contributed by atoms with Gasteiger partial charge in [0.05, 0.1) is 5.52 Å². The maximum absolute atomic E-state index is 5.54. The Balaban J connectivity index is 0.000000125. The Bertz CT molecular complexity index is 1430. The molecule has 142 valence electrons. The van der Waals surface area contributed by atoms with Crippen molar-refractivity contribution in [2.24, 2.45) is 0 Å². The number of hydrogen-bond donors (Lipinski definition) is 2. The summed E-state index contributed by atoms with van der Waals surface area (Å²) in [4.78, 5) is 8.17. The van der Waals surface area contributed by atoms with E-state index in [0.717, 1.165) is 22.4 Å². The van der Waals surface area contributed by atoms with Crippen LogP contribution in [0.3, 0.4) is 0 Å². The molecule has 0 atom stereocenters. The highest BCUT2D eigenvalue weighted by Gasteiger charge is 2.06. The highest BCUT2D eigenvalue weighted by Crippen LogP contribution is 2.15. The van der Waals surface area contributed by atoms with E-state index in [4.69, 9.17) is 11.5 Å². The van der Waals surface area contributed by atoms with Crippen LogP contribution in [0.1, 0.15) is 0 Å². The highest BCUT2D eigenvalue weighted by atomic mass is 15.4. The number of para-hydroxylation sites is 1. The van der Waals surface area contributed by atoms with Crippen LogP contribution in [-0.4, -0.2) is 39.0 Å². The lowest BCUT2D eigenvalue weighted by Crippen LogP contribution is -2.03. The molecule has 5 aromatic heterocycles. The van der Waals surface area contributed by atoms with Crippen LogP contribution >= 0.6 is 0 Å². The zero-order valence-electron chi connectivity index (χ0n) is 15.2. The molecule has 4 N–H and O–H groups in total. The van der Waals surface area contributed by atoms with E-state index in [2.05, 4.69) is 25.3 Å². The Morgan fingerprint density at radius 3 is 2.24 bits per heavy atom. The lowest BCUT2D eigenvalue weighted by molar-refractivity contribution is 0.791. The third kappa shape index (κ3) is 2.98. The molecule has 0 bridgehead atoms. The van der Waals surface area contributed by atoms with Crippen LogP contribution in [-0.2, 0) is 0 Å². The predicted molar refractivity (Wildman–Crippen MR) is 109 cm³/mol. The van der Waals surface area contributed by atoms with E-state index in [1.165, 1.54) is 0 Å². The molecule has 0 fully saturated rings. The van der Waals surface area contributed by atoms with E-state index in [1.54, 1.807) is 19.9 Å². The van der Waals surface area contributed by atoms with Crippen LogP contribution in [0.15, 0.2) is 73.1 Å². The lowest BCUT2D eigenvalue weighted by Gasteiger charge is -2.02. The topological polar surface area (TPSA) is 130 Å². The molecule has 0 saturated carbocycles. The summed E-state index contributed by atoms with van der Waals surface area (Å²) in [5.41, 5.74) is 13.6. The van der Waals surface area contributed by atoms with Gasteiger partial charge in [-0.05, 0) is 36.4 Å². The summed E-state index contributed by atoms with van der Waals surface area (Å²) in [7, 11) is 0. The zero-order chi connectivity index (χ0) is 19.8. The van der Waals surface area contributed by atoms with E-state index in [-0.39, 0.29) is 5.95 Å². The molecule has 0 saturated heterocycles. The Morgan fingerprint density at radius 1 is 0.690 bits per heavy atom. The fourth-order valence-corrected chi connectivity index (χ4v) is 3.10. The summed E-state index contributed by atoms with van der Waals surface area (Å²) in [5.74, 6) is 1.37. The van der Waals surface area contributed by atoms with Crippen molar-refractivity contribution >= 4 is 34.1 Å². The lowest BCUT2D eigenvalue weighted by atomic mass is 10.2. The number of rotatable bonds is 1. The molecule has 0 amide bonds. The molecule has 6 rings (SSSR count). The molecule has 0 aliphatic carbocycles. The number of benzene rings is 1. The SMILES string of the molecule is Nc1nc2ccc3ccccc3n2n1.Nc1nc2cccc(-n3cccn3)n2n1. The molecule has 1 aromatic carbocycles. The van der Waals surface area contributed by atoms with Gasteiger partial charge in [-0.2, -0.15) is 19.6 Å². The van der Waals surface area contributed by atoms with Crippen LogP contribution in [0.2, 0.25) is 0 Å². The molecule has 29 heavy (non-hydrogen) atoms. The predicted octanol–water partition coefficient (Wildman–Crippen LogP) is 1.96. The van der Waals surface area contributed by atoms with Gasteiger partial charge in [-0.1, -0.05) is 24.3 Å². The number of pyridine rings is 2. The van der Waals surface area contributed by atoms with Gasteiger partial charge in [0, 0.05) is 17.8 Å². The van der Waals surface area contributed by atoms with Gasteiger partial charge in [-0.25, -0.2) is 9.20 Å². The fraction of sp³-hybridized carbons (Fsp3) is 0. The van der Waals surface area contributed by atoms with Crippen LogP contribution in [0.5, 0.6) is 0 Å². The Kier molecular flexibility index (Phi) is 3.80. The van der Waals surface area contributed by atoms with Gasteiger partial charge in [-0.3, -0.25) is 0 Å². The van der Waals surface area contributed by atoms with Crippen molar-refractivity contribution in [1.82, 2.24) is 39.0 Å². The molecule has 0 aliphatic heterocycles. The summed E-state index contributed by atoms with van der Waals surface area (Å²) in [6, 6.07) is 19.4. The van der Waals surface area contributed by atoms with Gasteiger partial charge in [0.15, 0.2) is 17.1 Å². The van der Waals surface area contributed by atoms with Crippen LogP contribution in [0.25, 0.3) is 28.0 Å². The van der Waals surface area contributed by atoms with E-state index in [1.807, 2.05) is 66.9 Å². The number of fused-ring (bicyclic) bond motifs is 4. The van der Waals surface area contributed by atoms with Crippen molar-refractivity contribution < 1.29 is 0 Å². The van der Waals surface area contributed by atoms with Gasteiger partial charge in [0.25, 0.3) is 0 Å². The van der Waals surface area contributed by atoms with E-state index in [9.17, 15) is 0 Å². The van der Waals surface area contributed by atoms with Gasteiger partial charge in [-0.15, -0.1) is 10.2 Å². The molecule has 5 heterocycles. The second-order valence-corrected chi connectivity index (χ2v) is 6.21. The highest BCUT2D eigenvalue weighted by molar-refractivity contribution is 5.81. The zero-order valence-corrected chi connectivity index (χ0v) is 15.2. The second kappa shape index (κ2) is 6.60. The summed E-state index contributed by atoms with van der Waals surface area (Å²) in [6.45, 7) is 0. The smallest absolute Gasteiger partial charge is 0.240 e. The van der Waals surface area contributed by atoms with Crippen molar-refractivity contribution in [1.29, 1.82) is 0 Å². The number of hydrogen-bond acceptors (Lipinski definition) is 7. The summed E-state index contributed by atoms with van der Waals surface area (Å²) < 4.78 is 5.12. The van der Waals surface area contributed by atoms with E-state index in [0.29, 0.717) is 11.6 Å². The van der Waals surface area contributed by atoms with Gasteiger partial charge in [0.2, 0.25) is 11.9 Å². The molecule has 10 heteroatoms. The summed E-state index contributed by atoms with van der Waals surface area (Å²) >= 11 is 0. The van der Waals surface area contributed by atoms with E-state index >= 15 is 0 Å². The Labute approximate surface area is 164 Å². The average molecular weight is 384 g/mol. The fourth-order valence-electron chi connectivity index (χ4n) is 3.10. The maximum atomic E-state index is 5.54. The number of nitrogens with zero attached hydrogens (tertiary/aromatic N) is 8. The van der Waals surface area contributed by atoms with Crippen molar-refractivity contribution in [3.8, 4) is 5.82 Å². The van der Waals surface area contributed by atoms with Crippen molar-refractivity contribution in [2.75, 3.05) is 11.5 Å². The minimum Gasteiger partial charge on any atom is -0.366 e. The first-order valence-corrected chi connectivity index (χ1v) is 8.80. The molecule has 10 nitrogen and oxygen atoms in total. The number of aromatic nitrogens is 8. The van der Waals surface area contributed by atoms with Crippen molar-refractivity contribution in [3.63, 3.8) is 0 Å². The molecular weight excluding hydrogens is 368 g/mol. The Hall–Kier alpha value is -4.47. The van der Waals surface area contributed by atoms with Gasteiger partial charge < -0.3 is 11.5 Å². The van der Waals surface area contributed by atoms with Crippen molar-refractivity contribution in [3.05, 3.63) is 73.1 Å². The molecule has 6 aromatic rings. The largest absolute Gasteiger partial charge is 0.366 e. The first kappa shape index (κ1) is 16.7. The minimum absolute atomic E-state index is 0.259. The van der Waals surface area contributed by atoms with Crippen LogP contribution in [0, 0.1) is 0 Å². The first-order valence-electron chi connectivity index (χ1n) is 8.80. The maximum Gasteiger partial charge on any atom is 0.240 e.